The Balaban J connectivity index is 2.18. The zero-order chi connectivity index (χ0) is 16.3. The van der Waals surface area contributed by atoms with Crippen molar-refractivity contribution in [2.45, 2.75) is 26.8 Å². The molecule has 1 heterocycles. The fraction of sp³-hybridized carbons (Fsp3) is 0.375. The maximum atomic E-state index is 12.1. The number of ether oxygens (including phenoxy) is 1. The predicted octanol–water partition coefficient (Wildman–Crippen LogP) is 3.05. The van der Waals surface area contributed by atoms with Crippen molar-refractivity contribution in [1.82, 2.24) is 4.98 Å². The van der Waals surface area contributed by atoms with E-state index in [-0.39, 0.29) is 17.9 Å². The van der Waals surface area contributed by atoms with Gasteiger partial charge in [0.15, 0.2) is 5.13 Å². The summed E-state index contributed by atoms with van der Waals surface area (Å²) in [7, 11) is 1.64. The molecule has 2 atom stereocenters. The molecule has 5 nitrogen and oxygen atoms in total. The van der Waals surface area contributed by atoms with Gasteiger partial charge in [-0.25, -0.2) is 4.98 Å². The second kappa shape index (κ2) is 6.89. The summed E-state index contributed by atoms with van der Waals surface area (Å²) in [5.41, 5.74) is 7.62. The van der Waals surface area contributed by atoms with Gasteiger partial charge in [0, 0.05) is 16.5 Å². The number of carbonyl (C=O) groups excluding carboxylic acids is 1. The highest BCUT2D eigenvalue weighted by molar-refractivity contribution is 7.16. The van der Waals surface area contributed by atoms with E-state index in [2.05, 4.69) is 10.3 Å². The molecule has 6 heteroatoms. The summed E-state index contributed by atoms with van der Waals surface area (Å²) < 4.78 is 5.16. The van der Waals surface area contributed by atoms with Gasteiger partial charge in [0.05, 0.1) is 18.7 Å². The Bertz CT molecular complexity index is 650. The largest absolute Gasteiger partial charge is 0.497 e. The van der Waals surface area contributed by atoms with E-state index in [4.69, 9.17) is 10.5 Å². The van der Waals surface area contributed by atoms with Gasteiger partial charge >= 0.3 is 0 Å². The highest BCUT2D eigenvalue weighted by atomic mass is 32.1. The minimum Gasteiger partial charge on any atom is -0.497 e. The molecular formula is C16H21N3O2S. The van der Waals surface area contributed by atoms with Crippen molar-refractivity contribution < 1.29 is 9.53 Å². The van der Waals surface area contributed by atoms with Gasteiger partial charge in [-0.1, -0.05) is 6.92 Å². The van der Waals surface area contributed by atoms with E-state index in [9.17, 15) is 4.79 Å². The number of amides is 1. The monoisotopic (exact) mass is 319 g/mol. The average Bonchev–Trinajstić information content (AvgIpc) is 2.86. The van der Waals surface area contributed by atoms with Crippen LogP contribution in [0.25, 0.3) is 11.3 Å². The molecule has 0 aliphatic carbocycles. The van der Waals surface area contributed by atoms with E-state index >= 15 is 0 Å². The number of nitrogens with zero attached hydrogens (tertiary/aromatic N) is 1. The van der Waals surface area contributed by atoms with Gasteiger partial charge in [0.2, 0.25) is 5.91 Å². The van der Waals surface area contributed by atoms with Crippen molar-refractivity contribution in [1.29, 1.82) is 0 Å². The summed E-state index contributed by atoms with van der Waals surface area (Å²) in [4.78, 5) is 17.6. The van der Waals surface area contributed by atoms with Crippen LogP contribution in [-0.4, -0.2) is 24.0 Å². The molecule has 0 radical (unpaired) electrons. The molecule has 1 aromatic heterocycles. The maximum absolute atomic E-state index is 12.1. The van der Waals surface area contributed by atoms with Crippen molar-refractivity contribution >= 4 is 22.4 Å². The van der Waals surface area contributed by atoms with E-state index < -0.39 is 0 Å². The lowest BCUT2D eigenvalue weighted by Crippen LogP contribution is -2.34. The van der Waals surface area contributed by atoms with E-state index in [0.717, 1.165) is 21.9 Å². The first-order chi connectivity index (χ1) is 10.4. The Morgan fingerprint density at radius 2 is 1.95 bits per heavy atom. The lowest BCUT2D eigenvalue weighted by atomic mass is 10.0. The summed E-state index contributed by atoms with van der Waals surface area (Å²) in [5.74, 6) is 0.439. The van der Waals surface area contributed by atoms with Gasteiger partial charge < -0.3 is 15.8 Å². The van der Waals surface area contributed by atoms with Gasteiger partial charge in [-0.05, 0) is 38.1 Å². The van der Waals surface area contributed by atoms with Crippen LogP contribution in [0.5, 0.6) is 5.75 Å². The van der Waals surface area contributed by atoms with Crippen molar-refractivity contribution in [3.8, 4) is 17.0 Å². The molecule has 0 aliphatic rings. The van der Waals surface area contributed by atoms with Gasteiger partial charge in [-0.2, -0.15) is 0 Å². The highest BCUT2D eigenvalue weighted by Crippen LogP contribution is 2.31. The second-order valence-corrected chi connectivity index (χ2v) is 6.49. The van der Waals surface area contributed by atoms with Crippen LogP contribution in [0, 0.1) is 12.8 Å². The Kier molecular flexibility index (Phi) is 5.15. The van der Waals surface area contributed by atoms with Crippen molar-refractivity contribution in [2.75, 3.05) is 12.4 Å². The molecule has 3 N–H and O–H groups in total. The van der Waals surface area contributed by atoms with Crippen LogP contribution in [0.2, 0.25) is 0 Å². The number of hydrogen-bond acceptors (Lipinski definition) is 5. The van der Waals surface area contributed by atoms with Crippen LogP contribution in [-0.2, 0) is 4.79 Å². The maximum Gasteiger partial charge on any atom is 0.230 e. The van der Waals surface area contributed by atoms with Crippen molar-refractivity contribution in [3.05, 3.63) is 29.1 Å². The van der Waals surface area contributed by atoms with E-state index in [1.165, 1.54) is 11.3 Å². The van der Waals surface area contributed by atoms with Crippen LogP contribution in [0.15, 0.2) is 24.3 Å². The number of nitrogens with one attached hydrogen (secondary N) is 1. The smallest absolute Gasteiger partial charge is 0.230 e. The fourth-order valence-electron chi connectivity index (χ4n) is 1.92. The minimum atomic E-state index is -0.256. The summed E-state index contributed by atoms with van der Waals surface area (Å²) >= 11 is 1.46. The number of aryl methyl sites for hydroxylation is 1. The number of rotatable bonds is 5. The molecule has 0 bridgehead atoms. The Morgan fingerprint density at radius 3 is 2.50 bits per heavy atom. The van der Waals surface area contributed by atoms with Gasteiger partial charge in [0.1, 0.15) is 5.75 Å². The van der Waals surface area contributed by atoms with Crippen LogP contribution >= 0.6 is 11.3 Å². The van der Waals surface area contributed by atoms with Gasteiger partial charge in [-0.3, -0.25) is 4.79 Å². The van der Waals surface area contributed by atoms with Crippen LogP contribution in [0.4, 0.5) is 5.13 Å². The van der Waals surface area contributed by atoms with Crippen LogP contribution in [0.1, 0.15) is 18.7 Å². The fourth-order valence-corrected chi connectivity index (χ4v) is 2.76. The first kappa shape index (κ1) is 16.5. The molecule has 2 rings (SSSR count). The van der Waals surface area contributed by atoms with Gasteiger partial charge in [-0.15, -0.1) is 11.3 Å². The number of nitrogens with two attached hydrogens (primary N) is 1. The quantitative estimate of drug-likeness (QED) is 0.888. The standard InChI is InChI=1S/C16H21N3O2S/c1-9(10(2)17)15(20)19-16-18-14(11(3)22-16)12-5-7-13(21-4)8-6-12/h5-10H,17H2,1-4H3,(H,18,19,20). The van der Waals surface area contributed by atoms with Crippen LogP contribution < -0.4 is 15.8 Å². The number of hydrogen-bond donors (Lipinski definition) is 2. The Hall–Kier alpha value is -1.92. The summed E-state index contributed by atoms with van der Waals surface area (Å²) in [6.45, 7) is 5.62. The van der Waals surface area contributed by atoms with Crippen molar-refractivity contribution in [3.63, 3.8) is 0 Å². The molecule has 1 aromatic carbocycles. The Morgan fingerprint density at radius 1 is 1.32 bits per heavy atom. The molecule has 0 fully saturated rings. The SMILES string of the molecule is COc1ccc(-c2nc(NC(=O)C(C)C(C)N)sc2C)cc1. The topological polar surface area (TPSA) is 77.2 Å². The predicted molar refractivity (Wildman–Crippen MR) is 90.3 cm³/mol. The zero-order valence-corrected chi connectivity index (χ0v) is 14.0. The van der Waals surface area contributed by atoms with E-state index in [1.54, 1.807) is 7.11 Å². The zero-order valence-electron chi connectivity index (χ0n) is 13.2. The number of anilines is 1. The molecule has 0 spiro atoms. The van der Waals surface area contributed by atoms with Crippen molar-refractivity contribution in [2.24, 2.45) is 11.7 Å². The average molecular weight is 319 g/mol. The first-order valence-electron chi connectivity index (χ1n) is 7.10. The summed E-state index contributed by atoms with van der Waals surface area (Å²) in [6, 6.07) is 7.51. The first-order valence-corrected chi connectivity index (χ1v) is 7.92. The molecule has 2 aromatic rings. The second-order valence-electron chi connectivity index (χ2n) is 5.29. The molecular weight excluding hydrogens is 298 g/mol. The third-order valence-corrected chi connectivity index (χ3v) is 4.48. The molecule has 1 amide bonds. The molecule has 0 saturated heterocycles. The van der Waals surface area contributed by atoms with Crippen LogP contribution in [0.3, 0.4) is 0 Å². The van der Waals surface area contributed by atoms with Gasteiger partial charge in [0.25, 0.3) is 0 Å². The number of carbonyl (C=O) groups is 1. The number of aromatic nitrogens is 1. The summed E-state index contributed by atoms with van der Waals surface area (Å²) in [5, 5.41) is 3.44. The molecule has 0 aliphatic heterocycles. The lowest BCUT2D eigenvalue weighted by molar-refractivity contribution is -0.119. The third kappa shape index (κ3) is 3.64. The lowest BCUT2D eigenvalue weighted by Gasteiger charge is -2.13. The molecule has 22 heavy (non-hydrogen) atoms. The minimum absolute atomic E-state index is 0.106. The molecule has 0 saturated carbocycles. The van der Waals surface area contributed by atoms with E-state index in [1.807, 2.05) is 45.0 Å². The molecule has 2 unspecified atom stereocenters. The summed E-state index contributed by atoms with van der Waals surface area (Å²) in [6.07, 6.45) is 0. The van der Waals surface area contributed by atoms with E-state index in [0.29, 0.717) is 5.13 Å². The number of methoxy groups -OCH3 is 1. The molecule has 118 valence electrons. The third-order valence-electron chi connectivity index (χ3n) is 3.59. The number of thiazole rings is 1. The Labute approximate surface area is 134 Å². The number of benzene rings is 1. The highest BCUT2D eigenvalue weighted by Gasteiger charge is 2.19. The normalized spacial score (nSPS) is 13.5.